The fourth-order valence-electron chi connectivity index (χ4n) is 8.91. The smallest absolute Gasteiger partial charge is 0.262 e. The lowest BCUT2D eigenvalue weighted by molar-refractivity contribution is -0.116. The maximum atomic E-state index is 13.9. The highest BCUT2D eigenvalue weighted by molar-refractivity contribution is 7.99. The summed E-state index contributed by atoms with van der Waals surface area (Å²) in [6, 6.07) is 11.8. The minimum Gasteiger partial charge on any atom is -0.490 e. The van der Waals surface area contributed by atoms with Crippen LogP contribution in [0, 0.1) is 17.8 Å². The van der Waals surface area contributed by atoms with Crippen LogP contribution < -0.4 is 14.4 Å². The summed E-state index contributed by atoms with van der Waals surface area (Å²) in [5.41, 5.74) is 3.86. The third-order valence-corrected chi connectivity index (χ3v) is 14.5. The van der Waals surface area contributed by atoms with Gasteiger partial charge in [-0.05, 0) is 111 Å². The molecule has 1 unspecified atom stereocenters. The summed E-state index contributed by atoms with van der Waals surface area (Å²) in [5, 5.41) is 0.370. The number of benzene rings is 2. The van der Waals surface area contributed by atoms with E-state index < -0.39 is 21.2 Å². The largest absolute Gasteiger partial charge is 0.490 e. The number of fused-ring (bicyclic) bond motifs is 4. The molecule has 7 atom stereocenters. The molecule has 7 rings (SSSR count). The number of nitrogens with zero attached hydrogens (tertiary/aromatic N) is 2. The van der Waals surface area contributed by atoms with E-state index in [9.17, 15) is 13.8 Å². The van der Waals surface area contributed by atoms with Gasteiger partial charge in [0.05, 0.1) is 34.1 Å². The fourth-order valence-corrected chi connectivity index (χ4v) is 10.6. The number of carbonyl (C=O) groups is 2. The first kappa shape index (κ1) is 34.3. The summed E-state index contributed by atoms with van der Waals surface area (Å²) in [4.78, 5) is 33.0. The van der Waals surface area contributed by atoms with E-state index in [4.69, 9.17) is 21.1 Å². The number of allylic oxidation sites excluding steroid dienone is 1. The zero-order chi connectivity index (χ0) is 34.6. The predicted molar refractivity (Wildman–Crippen MR) is 198 cm³/mol. The molecule has 2 aliphatic carbocycles. The van der Waals surface area contributed by atoms with Crippen molar-refractivity contribution in [3.05, 3.63) is 70.3 Å². The SMILES string of the molecule is C=S1(=O)NC(=O)c2ccc3c(c2)N(C[C@@H]2CC[C@H]2[C@@](CC2=NCC(=O)C2)(OC)/C=C/C[C@H](C)[C@H]1C)C[C@@]1(CCCc2cc(Cl)ccc21)CO3. The number of aliphatic imine (C=N–C) groups is 1. The number of methoxy groups -OCH3 is 1. The van der Waals surface area contributed by atoms with Gasteiger partial charge >= 0.3 is 0 Å². The maximum Gasteiger partial charge on any atom is 0.262 e. The molecule has 49 heavy (non-hydrogen) atoms. The highest BCUT2D eigenvalue weighted by Gasteiger charge is 2.50. The van der Waals surface area contributed by atoms with Crippen LogP contribution in [0.4, 0.5) is 5.69 Å². The molecule has 1 amide bonds. The quantitative estimate of drug-likeness (QED) is 0.295. The first-order chi connectivity index (χ1) is 23.4. The molecule has 5 aliphatic rings. The van der Waals surface area contributed by atoms with Gasteiger partial charge in [0.1, 0.15) is 5.75 Å². The Morgan fingerprint density at radius 1 is 1.18 bits per heavy atom. The van der Waals surface area contributed by atoms with E-state index in [1.807, 2.05) is 32.0 Å². The van der Waals surface area contributed by atoms with Crippen LogP contribution in [0.15, 0.2) is 53.5 Å². The van der Waals surface area contributed by atoms with Gasteiger partial charge in [-0.1, -0.05) is 36.7 Å². The number of nitrogens with one attached hydrogen (secondary N) is 1. The van der Waals surface area contributed by atoms with Crippen LogP contribution in [0.1, 0.15) is 80.3 Å². The summed E-state index contributed by atoms with van der Waals surface area (Å²) in [6.07, 6.45) is 10.9. The number of aryl methyl sites for hydroxylation is 1. The number of anilines is 1. The molecule has 1 spiro atoms. The molecule has 3 heterocycles. The van der Waals surface area contributed by atoms with Crippen molar-refractivity contribution in [2.24, 2.45) is 22.7 Å². The number of ether oxygens (including phenoxy) is 2. The number of hydrogen-bond donors (Lipinski definition) is 1. The molecule has 2 aromatic carbocycles. The zero-order valence-corrected chi connectivity index (χ0v) is 30.4. The second kappa shape index (κ2) is 13.2. The van der Waals surface area contributed by atoms with E-state index in [1.54, 1.807) is 13.2 Å². The minimum atomic E-state index is -2.98. The van der Waals surface area contributed by atoms with E-state index in [0.717, 1.165) is 67.4 Å². The normalized spacial score (nSPS) is 35.3. The van der Waals surface area contributed by atoms with Crippen LogP contribution in [0.5, 0.6) is 5.75 Å². The van der Waals surface area contributed by atoms with E-state index in [0.29, 0.717) is 37.4 Å². The van der Waals surface area contributed by atoms with Gasteiger partial charge in [-0.25, -0.2) is 4.21 Å². The number of ketones is 1. The molecule has 0 radical (unpaired) electrons. The van der Waals surface area contributed by atoms with E-state index in [-0.39, 0.29) is 34.8 Å². The second-order valence-corrected chi connectivity index (χ2v) is 18.0. The average Bonchev–Trinajstić information content (AvgIpc) is 3.40. The standard InChI is InChI=1S/C39H48ClN3O5S/c1-25-7-5-16-39(47-3,20-31-19-32(44)21-41-31)34-12-9-29(34)22-43-23-38(15-6-8-27-17-30(40)11-13-33(27)38)24-48-36-14-10-28(18-35(36)43)37(45)42-49(4,46)26(25)2/h5,10-11,13-14,16-18,25-26,29,34H,4,6-9,12,15,19-24H2,1-3H3,(H,42,45,46)/b16-5+/t25-,26+,29-,34+,38-,39+,49?/m0/s1. The molecule has 3 aliphatic heterocycles. The summed E-state index contributed by atoms with van der Waals surface area (Å²) in [7, 11) is -1.20. The van der Waals surface area contributed by atoms with Gasteiger partial charge in [-0.2, -0.15) is 0 Å². The Morgan fingerprint density at radius 3 is 2.76 bits per heavy atom. The van der Waals surface area contributed by atoms with Crippen LogP contribution >= 0.6 is 11.6 Å². The van der Waals surface area contributed by atoms with Gasteiger partial charge in [0, 0.05) is 60.0 Å². The molecule has 1 saturated carbocycles. The summed E-state index contributed by atoms with van der Waals surface area (Å²) < 4.78 is 29.9. The molecule has 1 fully saturated rings. The van der Waals surface area contributed by atoms with Gasteiger partial charge in [0.25, 0.3) is 5.91 Å². The van der Waals surface area contributed by atoms with Crippen LogP contribution in [0.25, 0.3) is 0 Å². The number of hydrogen-bond acceptors (Lipinski definition) is 7. The zero-order valence-electron chi connectivity index (χ0n) is 28.8. The molecule has 2 aromatic rings. The topological polar surface area (TPSA) is 97.3 Å². The van der Waals surface area contributed by atoms with Crippen molar-refractivity contribution in [1.29, 1.82) is 0 Å². The van der Waals surface area contributed by atoms with Crippen molar-refractivity contribution in [2.45, 2.75) is 81.5 Å². The van der Waals surface area contributed by atoms with Crippen LogP contribution in [-0.4, -0.2) is 71.7 Å². The van der Waals surface area contributed by atoms with Crippen molar-refractivity contribution >= 4 is 50.3 Å². The Hall–Kier alpha value is -3.14. The summed E-state index contributed by atoms with van der Waals surface area (Å²) in [5.74, 6) is 4.97. The van der Waals surface area contributed by atoms with Gasteiger partial charge in [0.15, 0.2) is 5.78 Å². The monoisotopic (exact) mass is 705 g/mol. The fraction of sp³-hybridized carbons (Fsp3) is 0.538. The molecular formula is C39H48ClN3O5S. The Labute approximate surface area is 295 Å². The molecule has 262 valence electrons. The van der Waals surface area contributed by atoms with Crippen LogP contribution in [0.2, 0.25) is 5.02 Å². The van der Waals surface area contributed by atoms with Gasteiger partial charge in [-0.3, -0.25) is 19.3 Å². The maximum absolute atomic E-state index is 13.9. The Balaban J connectivity index is 1.33. The number of rotatable bonds is 3. The number of amides is 1. The molecule has 8 nitrogen and oxygen atoms in total. The van der Waals surface area contributed by atoms with E-state index in [1.165, 1.54) is 11.1 Å². The number of carbonyl (C=O) groups excluding carboxylic acids is 2. The highest BCUT2D eigenvalue weighted by atomic mass is 35.5. The minimum absolute atomic E-state index is 0.0213. The van der Waals surface area contributed by atoms with E-state index in [2.05, 4.69) is 44.8 Å². The molecular weight excluding hydrogens is 658 g/mol. The van der Waals surface area contributed by atoms with Crippen molar-refractivity contribution in [3.8, 4) is 5.75 Å². The highest BCUT2D eigenvalue weighted by Crippen LogP contribution is 2.50. The number of halogens is 1. The molecule has 0 saturated heterocycles. The lowest BCUT2D eigenvalue weighted by Gasteiger charge is -2.50. The molecule has 10 heteroatoms. The van der Waals surface area contributed by atoms with Crippen molar-refractivity contribution in [3.63, 3.8) is 0 Å². The lowest BCUT2D eigenvalue weighted by Crippen LogP contribution is -2.53. The number of Topliss-reactive ketones (excluding diaryl/α,β-unsaturated/α-hetero) is 1. The van der Waals surface area contributed by atoms with Crippen molar-refractivity contribution < 1.29 is 23.3 Å². The molecule has 1 N–H and O–H groups in total. The summed E-state index contributed by atoms with van der Waals surface area (Å²) >= 11 is 6.48. The lowest BCUT2D eigenvalue weighted by atomic mass is 9.62. The van der Waals surface area contributed by atoms with Crippen molar-refractivity contribution in [2.75, 3.05) is 38.3 Å². The van der Waals surface area contributed by atoms with Crippen molar-refractivity contribution in [1.82, 2.24) is 4.72 Å². The van der Waals surface area contributed by atoms with E-state index >= 15 is 0 Å². The first-order valence-corrected chi connectivity index (χ1v) is 19.8. The van der Waals surface area contributed by atoms with Gasteiger partial charge in [-0.15, -0.1) is 0 Å². The van der Waals surface area contributed by atoms with Gasteiger partial charge in [0.2, 0.25) is 0 Å². The average molecular weight is 706 g/mol. The Kier molecular flexibility index (Phi) is 9.24. The second-order valence-electron chi connectivity index (χ2n) is 15.1. The first-order valence-electron chi connectivity index (χ1n) is 17.7. The summed E-state index contributed by atoms with van der Waals surface area (Å²) in [6.45, 7) is 6.17. The predicted octanol–water partition coefficient (Wildman–Crippen LogP) is 6.37. The van der Waals surface area contributed by atoms with Crippen LogP contribution in [-0.2, 0) is 31.1 Å². The molecule has 2 bridgehead atoms. The molecule has 0 aromatic heterocycles. The third-order valence-electron chi connectivity index (χ3n) is 12.1. The van der Waals surface area contributed by atoms with Gasteiger partial charge < -0.3 is 14.4 Å². The third kappa shape index (κ3) is 6.47. The Morgan fingerprint density at radius 2 is 2.02 bits per heavy atom. The Bertz CT molecular complexity index is 1820. The van der Waals surface area contributed by atoms with Crippen LogP contribution in [0.3, 0.4) is 0 Å².